The summed E-state index contributed by atoms with van der Waals surface area (Å²) in [5.41, 5.74) is 11.5. The summed E-state index contributed by atoms with van der Waals surface area (Å²) in [6, 6.07) is 4.91. The minimum Gasteiger partial charge on any atom is -0.367 e. The van der Waals surface area contributed by atoms with Gasteiger partial charge in [0.25, 0.3) is 0 Å². The number of carbonyl (C=O) groups excluding carboxylic acids is 4. The number of anilines is 1. The Bertz CT molecular complexity index is 677. The van der Waals surface area contributed by atoms with Crippen LogP contribution in [0.25, 0.3) is 0 Å². The van der Waals surface area contributed by atoms with Crippen LogP contribution in [0.3, 0.4) is 0 Å². The van der Waals surface area contributed by atoms with Gasteiger partial charge >= 0.3 is 6.03 Å². The van der Waals surface area contributed by atoms with Gasteiger partial charge in [-0.2, -0.15) is 0 Å². The van der Waals surface area contributed by atoms with E-state index in [-0.39, 0.29) is 12.5 Å². The summed E-state index contributed by atoms with van der Waals surface area (Å²) in [6.07, 6.45) is 2.39. The molecule has 0 aliphatic carbocycles. The minimum absolute atomic E-state index is 0.0832. The van der Waals surface area contributed by atoms with Crippen molar-refractivity contribution in [3.63, 3.8) is 0 Å². The molecule has 1 fully saturated rings. The number of amides is 5. The Morgan fingerprint density at radius 1 is 1.16 bits per heavy atom. The molecule has 2 rings (SSSR count). The summed E-state index contributed by atoms with van der Waals surface area (Å²) in [6.45, 7) is 0.820. The number of benzene rings is 1. The third kappa shape index (κ3) is 4.93. The fourth-order valence-corrected chi connectivity index (χ4v) is 2.56. The Hall–Kier alpha value is -3.10. The van der Waals surface area contributed by atoms with Crippen LogP contribution in [0.1, 0.15) is 24.8 Å². The lowest BCUT2D eigenvalue weighted by atomic mass is 10.1. The van der Waals surface area contributed by atoms with Crippen LogP contribution in [-0.4, -0.2) is 36.3 Å². The number of rotatable bonds is 6. The van der Waals surface area contributed by atoms with E-state index in [4.69, 9.17) is 11.5 Å². The number of piperidine rings is 1. The number of nitrogens with zero attached hydrogens (tertiary/aromatic N) is 1. The molecule has 0 unspecified atom stereocenters. The lowest BCUT2D eigenvalue weighted by Crippen LogP contribution is -2.54. The quantitative estimate of drug-likeness (QED) is 0.506. The maximum Gasteiger partial charge on any atom is 0.316 e. The molecular weight excluding hydrogens is 326 g/mol. The summed E-state index contributed by atoms with van der Waals surface area (Å²) < 4.78 is 0. The molecule has 25 heavy (non-hydrogen) atoms. The van der Waals surface area contributed by atoms with E-state index in [0.29, 0.717) is 13.0 Å². The summed E-state index contributed by atoms with van der Waals surface area (Å²) >= 11 is 0. The van der Waals surface area contributed by atoms with Crippen molar-refractivity contribution >= 4 is 29.4 Å². The molecule has 1 aliphatic rings. The van der Waals surface area contributed by atoms with Gasteiger partial charge < -0.3 is 27.0 Å². The zero-order valence-corrected chi connectivity index (χ0v) is 13.7. The van der Waals surface area contributed by atoms with Gasteiger partial charge in [-0.15, -0.1) is 0 Å². The first-order valence-corrected chi connectivity index (χ1v) is 7.91. The van der Waals surface area contributed by atoms with Gasteiger partial charge in [0.15, 0.2) is 6.04 Å². The SMILES string of the molecule is NC(=O)C(NC(=O)NCc1cccc(N2CCCCC2=O)c1)C(N)=O. The fraction of sp³-hybridized carbons (Fsp3) is 0.375. The second-order valence-electron chi connectivity index (χ2n) is 5.74. The number of nitrogens with two attached hydrogens (primary N) is 2. The molecule has 134 valence electrons. The highest BCUT2D eigenvalue weighted by atomic mass is 16.2. The van der Waals surface area contributed by atoms with E-state index in [1.807, 2.05) is 12.1 Å². The number of urea groups is 1. The zero-order chi connectivity index (χ0) is 18.4. The van der Waals surface area contributed by atoms with Gasteiger partial charge in [-0.05, 0) is 30.5 Å². The van der Waals surface area contributed by atoms with Gasteiger partial charge in [-0.25, -0.2) is 4.79 Å². The average molecular weight is 347 g/mol. The van der Waals surface area contributed by atoms with Crippen LogP contribution in [-0.2, 0) is 20.9 Å². The molecule has 1 saturated heterocycles. The highest BCUT2D eigenvalue weighted by Gasteiger charge is 2.23. The van der Waals surface area contributed by atoms with Crippen LogP contribution in [0.15, 0.2) is 24.3 Å². The summed E-state index contributed by atoms with van der Waals surface area (Å²) in [4.78, 5) is 47.6. The Labute approximate surface area is 144 Å². The highest BCUT2D eigenvalue weighted by molar-refractivity contribution is 6.05. The predicted molar refractivity (Wildman–Crippen MR) is 90.2 cm³/mol. The standard InChI is InChI=1S/C16H21N5O4/c17-14(23)13(15(18)24)20-16(25)19-9-10-4-3-5-11(8-10)21-7-2-1-6-12(21)22/h3-5,8,13H,1-2,6-7,9H2,(H2,17,23)(H2,18,24)(H2,19,20,25). The largest absolute Gasteiger partial charge is 0.367 e. The molecule has 9 heteroatoms. The van der Waals surface area contributed by atoms with Gasteiger partial charge in [-0.3, -0.25) is 14.4 Å². The van der Waals surface area contributed by atoms with Gasteiger partial charge in [0, 0.05) is 25.2 Å². The maximum atomic E-state index is 12.0. The summed E-state index contributed by atoms with van der Waals surface area (Å²) in [7, 11) is 0. The van der Waals surface area contributed by atoms with Crippen LogP contribution in [0.2, 0.25) is 0 Å². The third-order valence-corrected chi connectivity index (χ3v) is 3.84. The van der Waals surface area contributed by atoms with E-state index in [2.05, 4.69) is 10.6 Å². The molecule has 0 bridgehead atoms. The Morgan fingerprint density at radius 2 is 1.88 bits per heavy atom. The van der Waals surface area contributed by atoms with Gasteiger partial charge in [0.05, 0.1) is 0 Å². The van der Waals surface area contributed by atoms with Gasteiger partial charge in [0.1, 0.15) is 0 Å². The number of nitrogens with one attached hydrogen (secondary N) is 2. The van der Waals surface area contributed by atoms with Crippen LogP contribution in [0.5, 0.6) is 0 Å². The lowest BCUT2D eigenvalue weighted by Gasteiger charge is -2.27. The van der Waals surface area contributed by atoms with E-state index in [1.165, 1.54) is 0 Å². The number of hydrogen-bond acceptors (Lipinski definition) is 4. The first-order valence-electron chi connectivity index (χ1n) is 7.91. The van der Waals surface area contributed by atoms with E-state index in [9.17, 15) is 19.2 Å². The molecule has 0 aromatic heterocycles. The van der Waals surface area contributed by atoms with Crippen LogP contribution >= 0.6 is 0 Å². The van der Waals surface area contributed by atoms with Crippen molar-refractivity contribution < 1.29 is 19.2 Å². The maximum absolute atomic E-state index is 12.0. The molecule has 0 atom stereocenters. The van der Waals surface area contributed by atoms with Crippen molar-refractivity contribution in [3.8, 4) is 0 Å². The van der Waals surface area contributed by atoms with Crippen molar-refractivity contribution in [2.45, 2.75) is 31.8 Å². The molecule has 0 spiro atoms. The Kier molecular flexibility index (Phi) is 5.93. The zero-order valence-electron chi connectivity index (χ0n) is 13.7. The minimum atomic E-state index is -1.57. The monoisotopic (exact) mass is 347 g/mol. The summed E-state index contributed by atoms with van der Waals surface area (Å²) in [5, 5.41) is 4.62. The Morgan fingerprint density at radius 3 is 2.52 bits per heavy atom. The predicted octanol–water partition coefficient (Wildman–Crippen LogP) is -0.658. The fourth-order valence-electron chi connectivity index (χ4n) is 2.56. The topological polar surface area (TPSA) is 148 Å². The van der Waals surface area contributed by atoms with Crippen molar-refractivity contribution in [1.82, 2.24) is 10.6 Å². The van der Waals surface area contributed by atoms with Crippen molar-refractivity contribution in [2.24, 2.45) is 11.5 Å². The van der Waals surface area contributed by atoms with Crippen molar-refractivity contribution in [3.05, 3.63) is 29.8 Å². The molecule has 5 amide bonds. The second kappa shape index (κ2) is 8.13. The van der Waals surface area contributed by atoms with Gasteiger partial charge in [0.2, 0.25) is 17.7 Å². The molecule has 1 heterocycles. The summed E-state index contributed by atoms with van der Waals surface area (Å²) in [5.74, 6) is -1.98. The lowest BCUT2D eigenvalue weighted by molar-refractivity contribution is -0.128. The van der Waals surface area contributed by atoms with E-state index in [0.717, 1.165) is 24.1 Å². The van der Waals surface area contributed by atoms with Crippen molar-refractivity contribution in [2.75, 3.05) is 11.4 Å². The molecule has 1 aliphatic heterocycles. The van der Waals surface area contributed by atoms with E-state index < -0.39 is 23.9 Å². The van der Waals surface area contributed by atoms with Gasteiger partial charge in [-0.1, -0.05) is 12.1 Å². The van der Waals surface area contributed by atoms with Crippen LogP contribution in [0, 0.1) is 0 Å². The van der Waals surface area contributed by atoms with E-state index in [1.54, 1.807) is 17.0 Å². The molecule has 0 radical (unpaired) electrons. The Balaban J connectivity index is 1.95. The smallest absolute Gasteiger partial charge is 0.316 e. The third-order valence-electron chi connectivity index (χ3n) is 3.84. The van der Waals surface area contributed by atoms with E-state index >= 15 is 0 Å². The number of primary amides is 2. The number of hydrogen-bond donors (Lipinski definition) is 4. The second-order valence-corrected chi connectivity index (χ2v) is 5.74. The molecular formula is C16H21N5O4. The molecule has 6 N–H and O–H groups in total. The van der Waals surface area contributed by atoms with Crippen LogP contribution in [0.4, 0.5) is 10.5 Å². The first kappa shape index (κ1) is 18.2. The molecule has 1 aromatic carbocycles. The average Bonchev–Trinajstić information content (AvgIpc) is 2.58. The number of carbonyl (C=O) groups is 4. The van der Waals surface area contributed by atoms with Crippen molar-refractivity contribution in [1.29, 1.82) is 0 Å². The first-order chi connectivity index (χ1) is 11.9. The molecule has 1 aromatic rings. The normalized spacial score (nSPS) is 14.3. The molecule has 9 nitrogen and oxygen atoms in total. The van der Waals surface area contributed by atoms with Crippen LogP contribution < -0.4 is 27.0 Å². The highest BCUT2D eigenvalue weighted by Crippen LogP contribution is 2.21. The molecule has 0 saturated carbocycles.